The minimum absolute atomic E-state index is 0.252. The summed E-state index contributed by atoms with van der Waals surface area (Å²) in [6.45, 7) is 1.63. The van der Waals surface area contributed by atoms with Gasteiger partial charge in [-0.05, 0) is 19.1 Å². The van der Waals surface area contributed by atoms with E-state index in [2.05, 4.69) is 10.3 Å². The van der Waals surface area contributed by atoms with Gasteiger partial charge >= 0.3 is 6.18 Å². The Kier molecular flexibility index (Phi) is 3.84. The summed E-state index contributed by atoms with van der Waals surface area (Å²) in [7, 11) is 0. The molecule has 0 saturated heterocycles. The minimum atomic E-state index is -4.59. The smallest absolute Gasteiger partial charge is 0.364 e. The average molecular weight is 296 g/mol. The van der Waals surface area contributed by atoms with Crippen LogP contribution in [0.15, 0.2) is 41.3 Å². The van der Waals surface area contributed by atoms with Crippen LogP contribution in [-0.4, -0.2) is 10.9 Å². The van der Waals surface area contributed by atoms with E-state index in [1.54, 1.807) is 6.92 Å². The van der Waals surface area contributed by atoms with Crippen LogP contribution >= 0.6 is 0 Å². The average Bonchev–Trinajstić information content (AvgIpc) is 2.37. The number of amides is 1. The molecule has 7 heteroatoms. The van der Waals surface area contributed by atoms with Crippen molar-refractivity contribution in [2.45, 2.75) is 13.1 Å². The molecule has 0 fully saturated rings. The number of nitrogens with one attached hydrogen (secondary N) is 2. The van der Waals surface area contributed by atoms with E-state index in [1.807, 2.05) is 0 Å². The second-order valence-electron chi connectivity index (χ2n) is 4.39. The number of halogens is 3. The SMILES string of the molecule is Cc1cc(=O)c(C(=O)Nc2ccccc2C(F)(F)F)c[nH]1. The second-order valence-corrected chi connectivity index (χ2v) is 4.39. The first-order valence-electron chi connectivity index (χ1n) is 5.96. The number of carbonyl (C=O) groups is 1. The van der Waals surface area contributed by atoms with Gasteiger partial charge in [-0.15, -0.1) is 0 Å². The number of aromatic amines is 1. The van der Waals surface area contributed by atoms with Gasteiger partial charge in [-0.1, -0.05) is 12.1 Å². The molecule has 1 amide bonds. The maximum absolute atomic E-state index is 12.8. The molecule has 0 saturated carbocycles. The van der Waals surface area contributed by atoms with Crippen LogP contribution in [0.1, 0.15) is 21.6 Å². The number of rotatable bonds is 2. The number of H-pyrrole nitrogens is 1. The standard InChI is InChI=1S/C14H11F3N2O2/c1-8-6-12(20)9(7-18-8)13(21)19-11-5-3-2-4-10(11)14(15,16)17/h2-7H,1H3,(H,18,20)(H,19,21). The molecule has 21 heavy (non-hydrogen) atoms. The molecular formula is C14H11F3N2O2. The zero-order valence-electron chi connectivity index (χ0n) is 10.9. The van der Waals surface area contributed by atoms with Crippen molar-refractivity contribution >= 4 is 11.6 Å². The highest BCUT2D eigenvalue weighted by Crippen LogP contribution is 2.34. The van der Waals surface area contributed by atoms with E-state index in [-0.39, 0.29) is 5.56 Å². The van der Waals surface area contributed by atoms with Gasteiger partial charge in [0.05, 0.1) is 11.3 Å². The predicted molar refractivity (Wildman–Crippen MR) is 71.2 cm³/mol. The van der Waals surface area contributed by atoms with Gasteiger partial charge in [0.2, 0.25) is 0 Å². The van der Waals surface area contributed by atoms with Gasteiger partial charge in [-0.25, -0.2) is 0 Å². The molecule has 2 N–H and O–H groups in total. The number of hydrogen-bond donors (Lipinski definition) is 2. The molecule has 0 aliphatic carbocycles. The fourth-order valence-corrected chi connectivity index (χ4v) is 1.78. The number of carbonyl (C=O) groups excluding carboxylic acids is 1. The third-order valence-corrected chi connectivity index (χ3v) is 2.78. The number of anilines is 1. The zero-order valence-corrected chi connectivity index (χ0v) is 10.9. The molecule has 4 nitrogen and oxygen atoms in total. The lowest BCUT2D eigenvalue weighted by atomic mass is 10.1. The number of pyridine rings is 1. The monoisotopic (exact) mass is 296 g/mol. The van der Waals surface area contributed by atoms with Gasteiger partial charge < -0.3 is 10.3 Å². The molecule has 2 aromatic rings. The van der Waals surface area contributed by atoms with Crippen molar-refractivity contribution in [2.75, 3.05) is 5.32 Å². The van der Waals surface area contributed by atoms with Crippen LogP contribution in [0.4, 0.5) is 18.9 Å². The summed E-state index contributed by atoms with van der Waals surface area (Å²) in [5.74, 6) is -0.895. The first-order chi connectivity index (χ1) is 9.79. The number of benzene rings is 1. The van der Waals surface area contributed by atoms with Crippen LogP contribution in [0.3, 0.4) is 0 Å². The van der Waals surface area contributed by atoms with Crippen molar-refractivity contribution in [1.82, 2.24) is 4.98 Å². The number of hydrogen-bond acceptors (Lipinski definition) is 2. The van der Waals surface area contributed by atoms with Crippen LogP contribution in [0.5, 0.6) is 0 Å². The van der Waals surface area contributed by atoms with E-state index in [0.29, 0.717) is 5.69 Å². The quantitative estimate of drug-likeness (QED) is 0.895. The van der Waals surface area contributed by atoms with Crippen LogP contribution in [-0.2, 0) is 6.18 Å². The van der Waals surface area contributed by atoms with Gasteiger partial charge in [0.15, 0.2) is 5.43 Å². The summed E-state index contributed by atoms with van der Waals surface area (Å²) < 4.78 is 38.4. The third-order valence-electron chi connectivity index (χ3n) is 2.78. The van der Waals surface area contributed by atoms with Gasteiger partial charge in [-0.3, -0.25) is 9.59 Å². The predicted octanol–water partition coefficient (Wildman–Crippen LogP) is 2.95. The molecule has 0 atom stereocenters. The maximum atomic E-state index is 12.8. The molecule has 0 aliphatic rings. The fourth-order valence-electron chi connectivity index (χ4n) is 1.78. The molecule has 1 heterocycles. The van der Waals surface area contributed by atoms with Gasteiger partial charge in [0.25, 0.3) is 5.91 Å². The van der Waals surface area contributed by atoms with Gasteiger partial charge in [0.1, 0.15) is 5.56 Å². The summed E-state index contributed by atoms with van der Waals surface area (Å²) in [5.41, 5.74) is -1.63. The zero-order chi connectivity index (χ0) is 15.6. The van der Waals surface area contributed by atoms with E-state index in [1.165, 1.54) is 24.4 Å². The number of para-hydroxylation sites is 1. The Balaban J connectivity index is 2.35. The summed E-state index contributed by atoms with van der Waals surface area (Å²) in [4.78, 5) is 26.2. The highest BCUT2D eigenvalue weighted by molar-refractivity contribution is 6.04. The minimum Gasteiger partial charge on any atom is -0.364 e. The summed E-state index contributed by atoms with van der Waals surface area (Å²) in [6.07, 6.45) is -3.42. The van der Waals surface area contributed by atoms with Crippen LogP contribution < -0.4 is 10.7 Å². The van der Waals surface area contributed by atoms with Crippen LogP contribution in [0.2, 0.25) is 0 Å². The molecular weight excluding hydrogens is 285 g/mol. The first kappa shape index (κ1) is 14.8. The van der Waals surface area contributed by atoms with Crippen molar-refractivity contribution in [3.63, 3.8) is 0 Å². The lowest BCUT2D eigenvalue weighted by Gasteiger charge is -2.13. The lowest BCUT2D eigenvalue weighted by Crippen LogP contribution is -2.23. The lowest BCUT2D eigenvalue weighted by molar-refractivity contribution is -0.136. The molecule has 110 valence electrons. The Bertz CT molecular complexity index is 735. The van der Waals surface area contributed by atoms with E-state index in [0.717, 1.165) is 12.1 Å². The Morgan fingerprint density at radius 1 is 1.24 bits per heavy atom. The van der Waals surface area contributed by atoms with E-state index < -0.39 is 28.8 Å². The van der Waals surface area contributed by atoms with Crippen molar-refractivity contribution in [3.05, 3.63) is 63.6 Å². The van der Waals surface area contributed by atoms with Crippen LogP contribution in [0, 0.1) is 6.92 Å². The summed E-state index contributed by atoms with van der Waals surface area (Å²) in [5, 5.41) is 2.11. The number of aryl methyl sites for hydroxylation is 1. The van der Waals surface area contributed by atoms with Crippen molar-refractivity contribution in [3.8, 4) is 0 Å². The topological polar surface area (TPSA) is 62.0 Å². The Hall–Kier alpha value is -2.57. The Morgan fingerprint density at radius 2 is 1.90 bits per heavy atom. The van der Waals surface area contributed by atoms with Crippen LogP contribution in [0.25, 0.3) is 0 Å². The Morgan fingerprint density at radius 3 is 2.52 bits per heavy atom. The molecule has 0 unspecified atom stereocenters. The Labute approximate surface area is 117 Å². The number of alkyl halides is 3. The van der Waals surface area contributed by atoms with Crippen molar-refractivity contribution in [1.29, 1.82) is 0 Å². The molecule has 2 rings (SSSR count). The van der Waals surface area contributed by atoms with E-state index in [4.69, 9.17) is 0 Å². The molecule has 0 spiro atoms. The van der Waals surface area contributed by atoms with Gasteiger partial charge in [0, 0.05) is 18.0 Å². The molecule has 1 aromatic carbocycles. The number of aromatic nitrogens is 1. The highest BCUT2D eigenvalue weighted by Gasteiger charge is 2.33. The van der Waals surface area contributed by atoms with E-state index in [9.17, 15) is 22.8 Å². The first-order valence-corrected chi connectivity index (χ1v) is 5.96. The largest absolute Gasteiger partial charge is 0.418 e. The fraction of sp³-hybridized carbons (Fsp3) is 0.143. The molecule has 0 bridgehead atoms. The molecule has 0 radical (unpaired) electrons. The molecule has 1 aromatic heterocycles. The van der Waals surface area contributed by atoms with Gasteiger partial charge in [-0.2, -0.15) is 13.2 Å². The molecule has 0 aliphatic heterocycles. The summed E-state index contributed by atoms with van der Waals surface area (Å²) in [6, 6.07) is 5.77. The van der Waals surface area contributed by atoms with Crippen molar-refractivity contribution < 1.29 is 18.0 Å². The maximum Gasteiger partial charge on any atom is 0.418 e. The third kappa shape index (κ3) is 3.31. The second kappa shape index (κ2) is 5.43. The summed E-state index contributed by atoms with van der Waals surface area (Å²) >= 11 is 0. The normalized spacial score (nSPS) is 11.2. The van der Waals surface area contributed by atoms with Crippen molar-refractivity contribution in [2.24, 2.45) is 0 Å². The van der Waals surface area contributed by atoms with E-state index >= 15 is 0 Å². The highest BCUT2D eigenvalue weighted by atomic mass is 19.4.